The molecule has 5 heteroatoms. The first kappa shape index (κ1) is 9.65. The molecule has 0 fully saturated rings. The first-order chi connectivity index (χ1) is 4.48. The van der Waals surface area contributed by atoms with Gasteiger partial charge in [-0.3, -0.25) is 4.79 Å². The van der Waals surface area contributed by atoms with E-state index in [9.17, 15) is 13.2 Å². The molecule has 0 aromatic heterocycles. The standard InChI is InChI=1S/C5H7ClO3S/c1-2-10(8,9)4-3-5(6)7/h2H,1,3-4H2. The van der Waals surface area contributed by atoms with E-state index in [0.717, 1.165) is 5.41 Å². The van der Waals surface area contributed by atoms with Crippen molar-refractivity contribution in [3.05, 3.63) is 12.0 Å². The fourth-order valence-corrected chi connectivity index (χ4v) is 1.15. The summed E-state index contributed by atoms with van der Waals surface area (Å²) in [5.74, 6) is -0.251. The smallest absolute Gasteiger partial charge is 0.222 e. The van der Waals surface area contributed by atoms with E-state index in [1.807, 2.05) is 0 Å². The van der Waals surface area contributed by atoms with E-state index in [0.29, 0.717) is 0 Å². The molecule has 0 saturated carbocycles. The summed E-state index contributed by atoms with van der Waals surface area (Å²) in [6.07, 6.45) is -0.157. The lowest BCUT2D eigenvalue weighted by Gasteiger charge is -1.91. The quantitative estimate of drug-likeness (QED) is 0.602. The van der Waals surface area contributed by atoms with Crippen molar-refractivity contribution in [3.63, 3.8) is 0 Å². The minimum atomic E-state index is -3.26. The highest BCUT2D eigenvalue weighted by Crippen LogP contribution is 1.96. The maximum atomic E-state index is 10.6. The highest BCUT2D eigenvalue weighted by molar-refractivity contribution is 7.94. The van der Waals surface area contributed by atoms with Gasteiger partial charge in [0.05, 0.1) is 5.75 Å². The largest absolute Gasteiger partial charge is 0.281 e. The predicted molar refractivity (Wildman–Crippen MR) is 39.5 cm³/mol. The van der Waals surface area contributed by atoms with Crippen molar-refractivity contribution in [3.8, 4) is 0 Å². The number of carbonyl (C=O) groups is 1. The Hall–Kier alpha value is -0.350. The van der Waals surface area contributed by atoms with Crippen molar-refractivity contribution in [1.82, 2.24) is 0 Å². The van der Waals surface area contributed by atoms with Crippen molar-refractivity contribution in [2.75, 3.05) is 5.75 Å². The molecule has 10 heavy (non-hydrogen) atoms. The summed E-state index contributed by atoms with van der Waals surface area (Å²) < 4.78 is 21.1. The Kier molecular flexibility index (Phi) is 3.60. The van der Waals surface area contributed by atoms with Gasteiger partial charge in [-0.05, 0) is 11.6 Å². The zero-order valence-electron chi connectivity index (χ0n) is 5.21. The first-order valence-corrected chi connectivity index (χ1v) is 4.61. The molecule has 0 N–H and O–H groups in total. The van der Waals surface area contributed by atoms with Crippen molar-refractivity contribution in [1.29, 1.82) is 0 Å². The topological polar surface area (TPSA) is 51.2 Å². The average Bonchev–Trinajstić information content (AvgIpc) is 1.85. The van der Waals surface area contributed by atoms with Crippen LogP contribution < -0.4 is 0 Å². The Labute approximate surface area is 64.6 Å². The third-order valence-electron chi connectivity index (χ3n) is 0.837. The maximum absolute atomic E-state index is 10.6. The molecule has 0 radical (unpaired) electrons. The van der Waals surface area contributed by atoms with Crippen molar-refractivity contribution in [2.45, 2.75) is 6.42 Å². The summed E-state index contributed by atoms with van der Waals surface area (Å²) in [6, 6.07) is 0. The van der Waals surface area contributed by atoms with Crippen LogP contribution in [0.2, 0.25) is 0 Å². The molecule has 58 valence electrons. The van der Waals surface area contributed by atoms with Crippen LogP contribution in [0, 0.1) is 0 Å². The van der Waals surface area contributed by atoms with Gasteiger partial charge in [0.2, 0.25) is 5.24 Å². The molecule has 0 heterocycles. The van der Waals surface area contributed by atoms with E-state index in [4.69, 9.17) is 11.6 Å². The Morgan fingerprint density at radius 2 is 2.10 bits per heavy atom. The van der Waals surface area contributed by atoms with Gasteiger partial charge in [0.15, 0.2) is 9.84 Å². The van der Waals surface area contributed by atoms with Crippen LogP contribution in [0.1, 0.15) is 6.42 Å². The zero-order chi connectivity index (χ0) is 8.20. The highest BCUT2D eigenvalue weighted by Gasteiger charge is 2.06. The fourth-order valence-electron chi connectivity index (χ4n) is 0.306. The minimum absolute atomic E-state index is 0.157. The summed E-state index contributed by atoms with van der Waals surface area (Å²) in [5, 5.41) is 0.165. The van der Waals surface area contributed by atoms with E-state index in [1.54, 1.807) is 0 Å². The minimum Gasteiger partial charge on any atom is -0.281 e. The summed E-state index contributed by atoms with van der Waals surface area (Å²) in [4.78, 5) is 10.1. The Morgan fingerprint density at radius 3 is 2.40 bits per heavy atom. The number of rotatable bonds is 4. The summed E-state index contributed by atoms with van der Waals surface area (Å²) in [6.45, 7) is 3.07. The van der Waals surface area contributed by atoms with Crippen molar-refractivity contribution < 1.29 is 13.2 Å². The van der Waals surface area contributed by atoms with E-state index in [1.165, 1.54) is 0 Å². The molecule has 0 aliphatic carbocycles. The number of hydrogen-bond acceptors (Lipinski definition) is 3. The first-order valence-electron chi connectivity index (χ1n) is 2.51. The molecule has 0 aromatic rings. The molecule has 0 bridgehead atoms. The van der Waals surface area contributed by atoms with Gasteiger partial charge < -0.3 is 0 Å². The summed E-state index contributed by atoms with van der Waals surface area (Å²) in [5.41, 5.74) is 0. The summed E-state index contributed by atoms with van der Waals surface area (Å²) in [7, 11) is -3.26. The molecule has 0 aliphatic rings. The van der Waals surface area contributed by atoms with Crippen LogP contribution in [0.15, 0.2) is 12.0 Å². The SMILES string of the molecule is C=CS(=O)(=O)CCC(=O)Cl. The van der Waals surface area contributed by atoms with Crippen LogP contribution in [0.4, 0.5) is 0 Å². The van der Waals surface area contributed by atoms with Gasteiger partial charge >= 0.3 is 0 Å². The predicted octanol–water partition coefficient (Wildman–Crippen LogP) is 0.700. The Balaban J connectivity index is 3.93. The van der Waals surface area contributed by atoms with E-state index >= 15 is 0 Å². The van der Waals surface area contributed by atoms with Crippen molar-refractivity contribution in [2.24, 2.45) is 0 Å². The van der Waals surface area contributed by atoms with Gasteiger partial charge in [-0.2, -0.15) is 0 Å². The van der Waals surface area contributed by atoms with Crippen LogP contribution in [0.5, 0.6) is 0 Å². The van der Waals surface area contributed by atoms with Gasteiger partial charge in [-0.25, -0.2) is 8.42 Å². The van der Waals surface area contributed by atoms with Crippen LogP contribution in [-0.4, -0.2) is 19.4 Å². The lowest BCUT2D eigenvalue weighted by atomic mass is 10.6. The highest BCUT2D eigenvalue weighted by atomic mass is 35.5. The Morgan fingerprint density at radius 1 is 1.60 bits per heavy atom. The molecule has 0 aromatic carbocycles. The molecule has 0 spiro atoms. The molecule has 3 nitrogen and oxygen atoms in total. The Bertz CT molecular complexity index is 229. The average molecular weight is 183 g/mol. The summed E-state index contributed by atoms with van der Waals surface area (Å²) >= 11 is 4.90. The second-order valence-electron chi connectivity index (χ2n) is 1.64. The van der Waals surface area contributed by atoms with E-state index in [2.05, 4.69) is 6.58 Å². The third-order valence-corrected chi connectivity index (χ3v) is 2.31. The zero-order valence-corrected chi connectivity index (χ0v) is 6.78. The van der Waals surface area contributed by atoms with Crippen LogP contribution >= 0.6 is 11.6 Å². The number of hydrogen-bond donors (Lipinski definition) is 0. The molecule has 0 unspecified atom stereocenters. The molecular formula is C5H7ClO3S. The molecule has 0 rings (SSSR count). The fraction of sp³-hybridized carbons (Fsp3) is 0.400. The van der Waals surface area contributed by atoms with Gasteiger partial charge in [0.1, 0.15) is 0 Å². The third kappa shape index (κ3) is 4.52. The van der Waals surface area contributed by atoms with Crippen LogP contribution in [0.25, 0.3) is 0 Å². The van der Waals surface area contributed by atoms with Crippen LogP contribution in [0.3, 0.4) is 0 Å². The van der Waals surface area contributed by atoms with Gasteiger partial charge in [0, 0.05) is 11.8 Å². The van der Waals surface area contributed by atoms with Gasteiger partial charge in [-0.15, -0.1) is 0 Å². The number of halogens is 1. The molecular weight excluding hydrogens is 176 g/mol. The lowest BCUT2D eigenvalue weighted by molar-refractivity contribution is -0.111. The van der Waals surface area contributed by atoms with E-state index in [-0.39, 0.29) is 12.2 Å². The molecule has 0 atom stereocenters. The van der Waals surface area contributed by atoms with Gasteiger partial charge in [-0.1, -0.05) is 6.58 Å². The number of sulfone groups is 1. The van der Waals surface area contributed by atoms with Crippen LogP contribution in [-0.2, 0) is 14.6 Å². The second-order valence-corrected chi connectivity index (χ2v) is 4.13. The number of carbonyl (C=O) groups excluding carboxylic acids is 1. The lowest BCUT2D eigenvalue weighted by Crippen LogP contribution is -2.04. The maximum Gasteiger partial charge on any atom is 0.222 e. The van der Waals surface area contributed by atoms with Crippen molar-refractivity contribution >= 4 is 26.7 Å². The normalized spacial score (nSPS) is 10.9. The van der Waals surface area contributed by atoms with Gasteiger partial charge in [0.25, 0.3) is 0 Å². The second kappa shape index (κ2) is 3.73. The van der Waals surface area contributed by atoms with E-state index < -0.39 is 15.1 Å². The monoisotopic (exact) mass is 182 g/mol. The molecule has 0 amide bonds. The molecule has 0 aliphatic heterocycles. The molecule has 0 saturated heterocycles.